The predicted molar refractivity (Wildman–Crippen MR) is 119 cm³/mol. The third-order valence-corrected chi connectivity index (χ3v) is 6.70. The molecule has 2 fully saturated rings. The summed E-state index contributed by atoms with van der Waals surface area (Å²) in [5, 5.41) is 13.7. The van der Waals surface area contributed by atoms with E-state index in [1.807, 2.05) is 0 Å². The molecule has 0 saturated carbocycles. The lowest BCUT2D eigenvalue weighted by Crippen LogP contribution is -2.65. The number of carbonyl (C=O) groups excluding carboxylic acids is 2. The molecular weight excluding hydrogens is 584 g/mol. The van der Waals surface area contributed by atoms with E-state index in [0.29, 0.717) is 18.2 Å². The molecule has 0 spiro atoms. The van der Waals surface area contributed by atoms with Gasteiger partial charge in [-0.05, 0) is 12.1 Å². The lowest BCUT2D eigenvalue weighted by atomic mass is 9.78. The largest absolute Gasteiger partial charge is 0.336 e. The molecule has 2 atom stereocenters. The van der Waals surface area contributed by atoms with Crippen LogP contribution >= 0.6 is 0 Å². The lowest BCUT2D eigenvalue weighted by molar-refractivity contribution is -0.385. The Hall–Kier alpha value is -3.92. The monoisotopic (exact) mass is 603 g/mol. The zero-order valence-corrected chi connectivity index (χ0v) is 20.4. The summed E-state index contributed by atoms with van der Waals surface area (Å²) in [5.41, 5.74) is -10.0. The van der Waals surface area contributed by atoms with Crippen LogP contribution in [-0.2, 0) is 20.7 Å². The molecule has 0 aliphatic carbocycles. The van der Waals surface area contributed by atoms with Crippen molar-refractivity contribution in [3.05, 3.63) is 75.3 Å². The minimum absolute atomic E-state index is 0.293. The summed E-state index contributed by atoms with van der Waals surface area (Å²) in [6.45, 7) is 0. The minimum atomic E-state index is -4.18. The molecule has 2 aromatic rings. The number of carbonyl (C=O) groups is 2. The van der Waals surface area contributed by atoms with E-state index in [9.17, 15) is 63.6 Å². The Morgan fingerprint density at radius 2 is 1.17 bits per heavy atom. The average molecular weight is 603 g/mol. The molecule has 4 rings (SSSR count). The molecule has 2 saturated heterocycles. The molecule has 2 aromatic carbocycles. The Morgan fingerprint density at radius 1 is 0.732 bits per heavy atom. The van der Waals surface area contributed by atoms with Gasteiger partial charge in [-0.2, -0.15) is 0 Å². The number of nitro benzene ring substituents is 1. The molecular formula is C24H19F10N3O4. The third kappa shape index (κ3) is 5.40. The van der Waals surface area contributed by atoms with Crippen LogP contribution in [0.2, 0.25) is 0 Å². The maximum absolute atomic E-state index is 14.1. The van der Waals surface area contributed by atoms with Gasteiger partial charge >= 0.3 is 0 Å². The van der Waals surface area contributed by atoms with Gasteiger partial charge in [0.2, 0.25) is 11.8 Å². The Balaban J connectivity index is 0.000000228. The van der Waals surface area contributed by atoms with Crippen molar-refractivity contribution in [3.63, 3.8) is 0 Å². The number of amides is 2. The zero-order valence-electron chi connectivity index (χ0n) is 20.4. The van der Waals surface area contributed by atoms with Gasteiger partial charge in [0.1, 0.15) is 11.6 Å². The van der Waals surface area contributed by atoms with Crippen molar-refractivity contribution in [2.75, 3.05) is 0 Å². The number of nitrogens with one attached hydrogen (secondary N) is 2. The molecule has 0 unspecified atom stereocenters. The number of rotatable bonds is 5. The zero-order chi connectivity index (χ0) is 31.0. The molecule has 2 N–H and O–H groups in total. The van der Waals surface area contributed by atoms with Crippen LogP contribution in [0.1, 0.15) is 36.8 Å². The van der Waals surface area contributed by atoms with Gasteiger partial charge in [0.15, 0.2) is 11.1 Å². The highest BCUT2D eigenvalue weighted by Crippen LogP contribution is 2.49. The number of nitrogens with zero attached hydrogens (tertiary/aromatic N) is 1. The van der Waals surface area contributed by atoms with Crippen molar-refractivity contribution in [3.8, 4) is 0 Å². The van der Waals surface area contributed by atoms with E-state index < -0.39 is 107 Å². The second kappa shape index (κ2) is 11.2. The maximum Gasteiger partial charge on any atom is 0.281 e. The maximum atomic E-state index is 14.1. The standard InChI is InChI=1S/C12H9F5N2O3.C12H10F5NO/c13-8-2-1-6(19(21)22)5-7(8)12(10(14)15)11(16,17)4-3-9(20)18-12;13-8-4-2-1-3-7(8)12(10(14)15)11(16,17)6-5-9(19)18-12/h1-2,5,10H,3-4H2,(H,18,20);1-4,10H,5-6H2,(H,18,19)/t2*12-/m00/s1. The number of alkyl halides is 8. The number of non-ortho nitro benzene ring substituents is 1. The summed E-state index contributed by atoms with van der Waals surface area (Å²) < 4.78 is 137. The topological polar surface area (TPSA) is 101 Å². The first-order valence-corrected chi connectivity index (χ1v) is 11.6. The van der Waals surface area contributed by atoms with E-state index >= 15 is 0 Å². The van der Waals surface area contributed by atoms with Crippen LogP contribution in [0.5, 0.6) is 0 Å². The van der Waals surface area contributed by atoms with Gasteiger partial charge in [-0.1, -0.05) is 18.2 Å². The summed E-state index contributed by atoms with van der Waals surface area (Å²) in [6, 6.07) is 5.38. The van der Waals surface area contributed by atoms with Crippen LogP contribution in [0.3, 0.4) is 0 Å². The summed E-state index contributed by atoms with van der Waals surface area (Å²) >= 11 is 0. The molecule has 2 aliphatic heterocycles. The van der Waals surface area contributed by atoms with Gasteiger partial charge in [-0.25, -0.2) is 43.9 Å². The van der Waals surface area contributed by atoms with Crippen molar-refractivity contribution in [1.29, 1.82) is 0 Å². The van der Waals surface area contributed by atoms with Gasteiger partial charge in [0.05, 0.1) is 4.92 Å². The molecule has 2 amide bonds. The Kier molecular flexibility index (Phi) is 8.60. The van der Waals surface area contributed by atoms with E-state index in [1.165, 1.54) is 17.4 Å². The van der Waals surface area contributed by atoms with E-state index in [0.717, 1.165) is 12.1 Å². The smallest absolute Gasteiger partial charge is 0.281 e. The molecule has 2 heterocycles. The van der Waals surface area contributed by atoms with Crippen molar-refractivity contribution in [2.24, 2.45) is 0 Å². The fourth-order valence-electron chi connectivity index (χ4n) is 4.59. The van der Waals surface area contributed by atoms with Crippen LogP contribution in [0.25, 0.3) is 0 Å². The molecule has 2 aliphatic rings. The van der Waals surface area contributed by atoms with Crippen LogP contribution < -0.4 is 10.6 Å². The van der Waals surface area contributed by atoms with E-state index in [1.54, 1.807) is 5.32 Å². The normalized spacial score (nSPS) is 25.2. The Labute approximate surface area is 224 Å². The highest BCUT2D eigenvalue weighted by molar-refractivity contribution is 5.79. The number of halogens is 10. The van der Waals surface area contributed by atoms with Gasteiger partial charge in [-0.3, -0.25) is 19.7 Å². The van der Waals surface area contributed by atoms with E-state index in [-0.39, 0.29) is 0 Å². The van der Waals surface area contributed by atoms with Gasteiger partial charge in [-0.15, -0.1) is 0 Å². The first-order chi connectivity index (χ1) is 18.9. The van der Waals surface area contributed by atoms with Crippen molar-refractivity contribution >= 4 is 17.5 Å². The Morgan fingerprint density at radius 3 is 1.61 bits per heavy atom. The molecule has 41 heavy (non-hydrogen) atoms. The first-order valence-electron chi connectivity index (χ1n) is 11.6. The first kappa shape index (κ1) is 31.6. The molecule has 17 heteroatoms. The third-order valence-electron chi connectivity index (χ3n) is 6.70. The van der Waals surface area contributed by atoms with Crippen molar-refractivity contribution in [1.82, 2.24) is 10.6 Å². The SMILES string of the molecule is O=C1CCC(F)(F)[C@](c2cc([N+](=O)[O-])ccc2F)(C(F)F)N1.O=C1CCC(F)(F)[C@](c2ccccc2F)(C(F)F)N1. The molecule has 0 bridgehead atoms. The lowest BCUT2D eigenvalue weighted by Gasteiger charge is -2.43. The van der Waals surface area contributed by atoms with Crippen LogP contribution in [0, 0.1) is 21.7 Å². The Bertz CT molecular complexity index is 1340. The summed E-state index contributed by atoms with van der Waals surface area (Å²) in [4.78, 5) is 32.2. The molecule has 7 nitrogen and oxygen atoms in total. The number of piperidine rings is 2. The fraction of sp³-hybridized carbons (Fsp3) is 0.417. The summed E-state index contributed by atoms with van der Waals surface area (Å²) in [5.74, 6) is -12.9. The van der Waals surface area contributed by atoms with Gasteiger partial charge in [0.25, 0.3) is 30.4 Å². The highest BCUT2D eigenvalue weighted by atomic mass is 19.3. The number of nitro groups is 1. The van der Waals surface area contributed by atoms with Crippen LogP contribution in [0.4, 0.5) is 49.6 Å². The number of benzene rings is 2. The van der Waals surface area contributed by atoms with Gasteiger partial charge in [0, 0.05) is 48.9 Å². The summed E-state index contributed by atoms with van der Waals surface area (Å²) in [7, 11) is 0. The van der Waals surface area contributed by atoms with E-state index in [4.69, 9.17) is 0 Å². The molecule has 0 radical (unpaired) electrons. The predicted octanol–water partition coefficient (Wildman–Crippen LogP) is 5.57. The second-order valence-electron chi connectivity index (χ2n) is 9.12. The van der Waals surface area contributed by atoms with Crippen molar-refractivity contribution < 1.29 is 58.4 Å². The second-order valence-corrected chi connectivity index (χ2v) is 9.12. The summed E-state index contributed by atoms with van der Waals surface area (Å²) in [6.07, 6.45) is -11.1. The van der Waals surface area contributed by atoms with Crippen molar-refractivity contribution in [2.45, 2.75) is 61.5 Å². The number of hydrogen-bond donors (Lipinski definition) is 2. The number of hydrogen-bond acceptors (Lipinski definition) is 4. The van der Waals surface area contributed by atoms with Crippen LogP contribution in [-0.4, -0.2) is 41.4 Å². The van der Waals surface area contributed by atoms with Gasteiger partial charge < -0.3 is 10.6 Å². The van der Waals surface area contributed by atoms with Crippen LogP contribution in [0.15, 0.2) is 42.5 Å². The molecule has 224 valence electrons. The highest BCUT2D eigenvalue weighted by Gasteiger charge is 2.66. The van der Waals surface area contributed by atoms with E-state index in [2.05, 4.69) is 0 Å². The average Bonchev–Trinajstić information content (AvgIpc) is 2.87. The molecule has 0 aromatic heterocycles. The minimum Gasteiger partial charge on any atom is -0.336 e. The fourth-order valence-corrected chi connectivity index (χ4v) is 4.59. The quantitative estimate of drug-likeness (QED) is 0.265.